The van der Waals surface area contributed by atoms with E-state index in [9.17, 15) is 4.79 Å². The van der Waals surface area contributed by atoms with E-state index in [0.717, 1.165) is 6.42 Å². The molecule has 0 heterocycles. The number of rotatable bonds is 10. The topological polar surface area (TPSA) is 29.1 Å². The number of hydrogen-bond acceptors (Lipinski definition) is 1. The third-order valence-corrected chi connectivity index (χ3v) is 3.20. The Morgan fingerprint density at radius 1 is 1.19 bits per heavy atom. The molecule has 0 aromatic heterocycles. The molecule has 2 nitrogen and oxygen atoms in total. The molecule has 0 fully saturated rings. The number of nitrogens with one attached hydrogen (secondary N) is 1. The molecule has 0 spiro atoms. The van der Waals surface area contributed by atoms with Gasteiger partial charge in [0, 0.05) is 18.8 Å². The largest absolute Gasteiger partial charge is 0.356 e. The third-order valence-electron chi connectivity index (χ3n) is 2.67. The highest BCUT2D eigenvalue weighted by Gasteiger charge is 2.03. The van der Waals surface area contributed by atoms with Crippen molar-refractivity contribution in [1.82, 2.24) is 5.32 Å². The fourth-order valence-electron chi connectivity index (χ4n) is 1.50. The van der Waals surface area contributed by atoms with E-state index in [0.29, 0.717) is 24.8 Å². The summed E-state index contributed by atoms with van der Waals surface area (Å²) < 4.78 is 0. The number of hydrogen-bond donors (Lipinski definition) is 1. The van der Waals surface area contributed by atoms with Crippen molar-refractivity contribution in [1.29, 1.82) is 0 Å². The van der Waals surface area contributed by atoms with Crippen LogP contribution in [0.25, 0.3) is 0 Å². The van der Waals surface area contributed by atoms with Crippen LogP contribution in [0.4, 0.5) is 0 Å². The quantitative estimate of drug-likeness (QED) is 0.463. The highest BCUT2D eigenvalue weighted by Crippen LogP contribution is 2.06. The van der Waals surface area contributed by atoms with Gasteiger partial charge in [-0.2, -0.15) is 0 Å². The first-order chi connectivity index (χ1) is 7.70. The number of alkyl halides is 1. The number of halogens is 1. The van der Waals surface area contributed by atoms with Gasteiger partial charge in [0.15, 0.2) is 0 Å². The van der Waals surface area contributed by atoms with Crippen LogP contribution in [-0.2, 0) is 4.79 Å². The Hall–Kier alpha value is -0.240. The van der Waals surface area contributed by atoms with Crippen LogP contribution in [0.15, 0.2) is 0 Å². The zero-order valence-corrected chi connectivity index (χ0v) is 11.5. The summed E-state index contributed by atoms with van der Waals surface area (Å²) >= 11 is 5.66. The molecule has 0 aromatic carbocycles. The lowest BCUT2D eigenvalue weighted by Crippen LogP contribution is -2.28. The van der Waals surface area contributed by atoms with Gasteiger partial charge in [-0.25, -0.2) is 0 Å². The Morgan fingerprint density at radius 2 is 1.81 bits per heavy atom. The molecule has 0 rings (SSSR count). The first kappa shape index (κ1) is 15.8. The average molecular weight is 248 g/mol. The van der Waals surface area contributed by atoms with E-state index in [1.807, 2.05) is 6.92 Å². The second kappa shape index (κ2) is 11.3. The number of carbonyl (C=O) groups excluding carboxylic acids is 1. The summed E-state index contributed by atoms with van der Waals surface area (Å²) in [5, 5.41) is 2.91. The highest BCUT2D eigenvalue weighted by molar-refractivity contribution is 6.18. The summed E-state index contributed by atoms with van der Waals surface area (Å²) in [6.45, 7) is 4.96. The molecule has 0 radical (unpaired) electrons. The second-order valence-electron chi connectivity index (χ2n) is 4.58. The number of amides is 1. The van der Waals surface area contributed by atoms with Crippen molar-refractivity contribution in [2.45, 2.75) is 58.8 Å². The van der Waals surface area contributed by atoms with Crippen molar-refractivity contribution in [2.75, 3.05) is 12.4 Å². The van der Waals surface area contributed by atoms with E-state index in [1.54, 1.807) is 0 Å². The minimum Gasteiger partial charge on any atom is -0.356 e. The number of unbranched alkanes of at least 4 members (excludes halogenated alkanes) is 5. The Bertz CT molecular complexity index is 173. The van der Waals surface area contributed by atoms with Gasteiger partial charge in [0.25, 0.3) is 0 Å². The van der Waals surface area contributed by atoms with Gasteiger partial charge in [0.05, 0.1) is 0 Å². The summed E-state index contributed by atoms with van der Waals surface area (Å²) in [6, 6.07) is 0. The van der Waals surface area contributed by atoms with Crippen LogP contribution in [0, 0.1) is 5.92 Å². The predicted octanol–water partition coefficient (Wildman–Crippen LogP) is 3.73. The van der Waals surface area contributed by atoms with Crippen molar-refractivity contribution in [3.05, 3.63) is 0 Å². The maximum Gasteiger partial charge on any atom is 0.220 e. The van der Waals surface area contributed by atoms with Crippen LogP contribution in [0.5, 0.6) is 0 Å². The van der Waals surface area contributed by atoms with E-state index in [-0.39, 0.29) is 5.91 Å². The van der Waals surface area contributed by atoms with Gasteiger partial charge in [-0.15, -0.1) is 11.6 Å². The van der Waals surface area contributed by atoms with Gasteiger partial charge >= 0.3 is 0 Å². The highest BCUT2D eigenvalue weighted by atomic mass is 35.5. The lowest BCUT2D eigenvalue weighted by molar-refractivity contribution is -0.121. The third kappa shape index (κ3) is 10.3. The minimum absolute atomic E-state index is 0.174. The molecular weight excluding hydrogens is 222 g/mol. The molecule has 1 N–H and O–H groups in total. The second-order valence-corrected chi connectivity index (χ2v) is 4.89. The van der Waals surface area contributed by atoms with Crippen molar-refractivity contribution in [3.63, 3.8) is 0 Å². The average Bonchev–Trinajstić information content (AvgIpc) is 2.30. The Morgan fingerprint density at radius 3 is 2.44 bits per heavy atom. The Kier molecular flexibility index (Phi) is 11.1. The summed E-state index contributed by atoms with van der Waals surface area (Å²) in [5.41, 5.74) is 0. The molecule has 0 saturated carbocycles. The Balaban J connectivity index is 3.24. The van der Waals surface area contributed by atoms with Crippen LogP contribution < -0.4 is 5.32 Å². The summed E-state index contributed by atoms with van der Waals surface area (Å²) in [4.78, 5) is 11.4. The molecule has 0 aromatic rings. The lowest BCUT2D eigenvalue weighted by atomic mass is 10.1. The van der Waals surface area contributed by atoms with Gasteiger partial charge in [0.1, 0.15) is 0 Å². The van der Waals surface area contributed by atoms with Gasteiger partial charge < -0.3 is 5.32 Å². The zero-order valence-electron chi connectivity index (χ0n) is 10.7. The van der Waals surface area contributed by atoms with Crippen LogP contribution in [0.3, 0.4) is 0 Å². The summed E-state index contributed by atoms with van der Waals surface area (Å²) in [7, 11) is 0. The molecule has 0 saturated heterocycles. The molecule has 1 atom stereocenters. The van der Waals surface area contributed by atoms with Crippen LogP contribution in [-0.4, -0.2) is 18.3 Å². The fraction of sp³-hybridized carbons (Fsp3) is 0.923. The normalized spacial score (nSPS) is 12.4. The van der Waals surface area contributed by atoms with E-state index in [2.05, 4.69) is 12.2 Å². The molecule has 1 unspecified atom stereocenters. The van der Waals surface area contributed by atoms with Crippen LogP contribution >= 0.6 is 11.6 Å². The summed E-state index contributed by atoms with van der Waals surface area (Å²) in [6.07, 6.45) is 8.03. The van der Waals surface area contributed by atoms with Crippen LogP contribution in [0.2, 0.25) is 0 Å². The smallest absolute Gasteiger partial charge is 0.220 e. The SMILES string of the molecule is CCCCCCCCC(=O)NCC(C)CCl. The summed E-state index contributed by atoms with van der Waals surface area (Å²) in [5.74, 6) is 1.15. The molecule has 0 aliphatic heterocycles. The van der Waals surface area contributed by atoms with Crippen molar-refractivity contribution >= 4 is 17.5 Å². The van der Waals surface area contributed by atoms with Gasteiger partial charge in [0.2, 0.25) is 5.91 Å². The molecule has 96 valence electrons. The molecule has 0 aliphatic carbocycles. The monoisotopic (exact) mass is 247 g/mol. The molecule has 3 heteroatoms. The van der Waals surface area contributed by atoms with Gasteiger partial charge in [-0.3, -0.25) is 4.79 Å². The molecular formula is C13H26ClNO. The maximum atomic E-state index is 11.4. The fourth-order valence-corrected chi connectivity index (χ4v) is 1.61. The first-order valence-corrected chi connectivity index (χ1v) is 7.06. The van der Waals surface area contributed by atoms with E-state index < -0.39 is 0 Å². The van der Waals surface area contributed by atoms with Crippen molar-refractivity contribution < 1.29 is 4.79 Å². The lowest BCUT2D eigenvalue weighted by Gasteiger charge is -2.09. The Labute approximate surface area is 105 Å². The van der Waals surface area contributed by atoms with E-state index in [1.165, 1.54) is 32.1 Å². The first-order valence-electron chi connectivity index (χ1n) is 6.53. The van der Waals surface area contributed by atoms with Crippen LogP contribution in [0.1, 0.15) is 58.8 Å². The standard InChI is InChI=1S/C13H26ClNO/c1-3-4-5-6-7-8-9-13(16)15-11-12(2)10-14/h12H,3-11H2,1-2H3,(H,15,16). The van der Waals surface area contributed by atoms with Gasteiger partial charge in [-0.1, -0.05) is 46.0 Å². The van der Waals surface area contributed by atoms with Crippen molar-refractivity contribution in [2.24, 2.45) is 5.92 Å². The number of carbonyl (C=O) groups is 1. The molecule has 16 heavy (non-hydrogen) atoms. The van der Waals surface area contributed by atoms with E-state index >= 15 is 0 Å². The maximum absolute atomic E-state index is 11.4. The van der Waals surface area contributed by atoms with Gasteiger partial charge in [-0.05, 0) is 12.3 Å². The predicted molar refractivity (Wildman–Crippen MR) is 70.9 cm³/mol. The molecule has 0 aliphatic rings. The van der Waals surface area contributed by atoms with E-state index in [4.69, 9.17) is 11.6 Å². The van der Waals surface area contributed by atoms with Crippen molar-refractivity contribution in [3.8, 4) is 0 Å². The minimum atomic E-state index is 0.174. The molecule has 1 amide bonds. The molecule has 0 bridgehead atoms. The zero-order chi connectivity index (χ0) is 12.2.